The summed E-state index contributed by atoms with van der Waals surface area (Å²) in [6.45, 7) is -0.376. The average molecular weight is 305 g/mol. The lowest BCUT2D eigenvalue weighted by Gasteiger charge is -2.06. The van der Waals surface area contributed by atoms with E-state index in [4.69, 9.17) is 11.6 Å². The summed E-state index contributed by atoms with van der Waals surface area (Å²) in [7, 11) is 1.15. The zero-order valence-electron chi connectivity index (χ0n) is 10.3. The van der Waals surface area contributed by atoms with E-state index in [0.717, 1.165) is 19.2 Å². The average Bonchev–Trinajstić information content (AvgIpc) is 2.39. The Hall–Kier alpha value is -2.22. The number of nitrogens with zero attached hydrogens (tertiary/aromatic N) is 1. The first-order valence-electron chi connectivity index (χ1n) is 5.31. The number of carbonyl (C=O) groups excluding carboxylic acids is 2. The zero-order chi connectivity index (χ0) is 15.3. The van der Waals surface area contributed by atoms with Gasteiger partial charge in [0.1, 0.15) is 12.4 Å². The van der Waals surface area contributed by atoms with Gasteiger partial charge < -0.3 is 10.1 Å². The Balaban J connectivity index is 2.86. The van der Waals surface area contributed by atoms with Crippen LogP contribution in [0.2, 0.25) is 5.02 Å². The van der Waals surface area contributed by atoms with Crippen LogP contribution in [0.15, 0.2) is 12.1 Å². The second-order valence-corrected chi connectivity index (χ2v) is 4.09. The number of hydrogen-bond donors (Lipinski definition) is 1. The van der Waals surface area contributed by atoms with Crippen molar-refractivity contribution in [3.05, 3.63) is 38.7 Å². The molecule has 1 aromatic carbocycles. The van der Waals surface area contributed by atoms with Gasteiger partial charge in [-0.2, -0.15) is 0 Å². The van der Waals surface area contributed by atoms with Gasteiger partial charge in [-0.1, -0.05) is 11.6 Å². The van der Waals surface area contributed by atoms with Crippen molar-refractivity contribution in [1.82, 2.24) is 5.32 Å². The van der Waals surface area contributed by atoms with Crippen molar-refractivity contribution in [2.45, 2.75) is 6.42 Å². The maximum atomic E-state index is 13.3. The molecule has 0 fully saturated rings. The van der Waals surface area contributed by atoms with E-state index >= 15 is 0 Å². The highest BCUT2D eigenvalue weighted by Gasteiger charge is 2.20. The fourth-order valence-electron chi connectivity index (χ4n) is 1.37. The lowest BCUT2D eigenvalue weighted by Crippen LogP contribution is -2.31. The minimum absolute atomic E-state index is 0.140. The molecule has 108 valence electrons. The van der Waals surface area contributed by atoms with E-state index in [2.05, 4.69) is 10.1 Å². The lowest BCUT2D eigenvalue weighted by molar-refractivity contribution is -0.385. The molecule has 0 saturated carbocycles. The van der Waals surface area contributed by atoms with Crippen LogP contribution in [0, 0.1) is 15.9 Å². The highest BCUT2D eigenvalue weighted by atomic mass is 35.5. The van der Waals surface area contributed by atoms with Gasteiger partial charge in [0.15, 0.2) is 0 Å². The van der Waals surface area contributed by atoms with Crippen LogP contribution in [0.25, 0.3) is 0 Å². The fourth-order valence-corrected chi connectivity index (χ4v) is 1.53. The van der Waals surface area contributed by atoms with Crippen molar-refractivity contribution in [1.29, 1.82) is 0 Å². The first-order valence-corrected chi connectivity index (χ1v) is 5.68. The number of rotatable bonds is 5. The number of amides is 1. The van der Waals surface area contributed by atoms with Crippen LogP contribution in [0.4, 0.5) is 10.1 Å². The van der Waals surface area contributed by atoms with Gasteiger partial charge in [0.25, 0.3) is 5.69 Å². The number of methoxy groups -OCH3 is 1. The van der Waals surface area contributed by atoms with E-state index in [9.17, 15) is 24.1 Å². The number of nitrogens with one attached hydrogen (secondary N) is 1. The van der Waals surface area contributed by atoms with Crippen LogP contribution in [-0.4, -0.2) is 30.5 Å². The summed E-state index contributed by atoms with van der Waals surface area (Å²) in [5.41, 5.74) is -0.608. The molecule has 0 aliphatic heterocycles. The third-order valence-electron chi connectivity index (χ3n) is 2.33. The molecule has 20 heavy (non-hydrogen) atoms. The van der Waals surface area contributed by atoms with Crippen molar-refractivity contribution in [3.63, 3.8) is 0 Å². The van der Waals surface area contributed by atoms with Crippen molar-refractivity contribution < 1.29 is 23.6 Å². The number of nitro groups is 1. The second-order valence-electron chi connectivity index (χ2n) is 3.68. The third-order valence-corrected chi connectivity index (χ3v) is 2.62. The van der Waals surface area contributed by atoms with Crippen molar-refractivity contribution in [2.24, 2.45) is 0 Å². The molecule has 0 unspecified atom stereocenters. The highest BCUT2D eigenvalue weighted by molar-refractivity contribution is 6.31. The number of hydrogen-bond acceptors (Lipinski definition) is 5. The molecule has 0 bridgehead atoms. The van der Waals surface area contributed by atoms with E-state index in [1.165, 1.54) is 0 Å². The third kappa shape index (κ3) is 4.16. The van der Waals surface area contributed by atoms with Gasteiger partial charge >= 0.3 is 5.97 Å². The van der Waals surface area contributed by atoms with Crippen LogP contribution < -0.4 is 5.32 Å². The summed E-state index contributed by atoms with van der Waals surface area (Å²) >= 11 is 5.45. The topological polar surface area (TPSA) is 98.5 Å². The van der Waals surface area contributed by atoms with Crippen LogP contribution >= 0.6 is 11.6 Å². The first kappa shape index (κ1) is 15.8. The molecule has 0 heterocycles. The molecule has 0 aliphatic carbocycles. The molecule has 7 nitrogen and oxygen atoms in total. The molecule has 0 spiro atoms. The highest BCUT2D eigenvalue weighted by Crippen LogP contribution is 2.26. The minimum Gasteiger partial charge on any atom is -0.468 e. The number of esters is 1. The summed E-state index contributed by atoms with van der Waals surface area (Å²) < 4.78 is 17.6. The van der Waals surface area contributed by atoms with Gasteiger partial charge in [-0.25, -0.2) is 4.39 Å². The molecule has 0 radical (unpaired) electrons. The Kier molecular flexibility index (Phi) is 5.39. The van der Waals surface area contributed by atoms with E-state index in [0.29, 0.717) is 0 Å². The van der Waals surface area contributed by atoms with Gasteiger partial charge in [-0.3, -0.25) is 19.7 Å². The Bertz CT molecular complexity index is 564. The quantitative estimate of drug-likeness (QED) is 0.501. The van der Waals surface area contributed by atoms with E-state index in [1.807, 2.05) is 0 Å². The van der Waals surface area contributed by atoms with Gasteiger partial charge in [0, 0.05) is 11.6 Å². The van der Waals surface area contributed by atoms with Gasteiger partial charge in [-0.05, 0) is 6.07 Å². The molecular formula is C11H10ClFN2O5. The van der Waals surface area contributed by atoms with Gasteiger partial charge in [0.2, 0.25) is 5.91 Å². The SMILES string of the molecule is COC(=O)CNC(=O)Cc1cc(F)c(Cl)cc1[N+](=O)[O-]. The number of ether oxygens (including phenoxy) is 1. The van der Waals surface area contributed by atoms with Crippen molar-refractivity contribution >= 4 is 29.2 Å². The predicted molar refractivity (Wildman–Crippen MR) is 66.8 cm³/mol. The molecule has 1 aromatic rings. The fraction of sp³-hybridized carbons (Fsp3) is 0.273. The second kappa shape index (κ2) is 6.80. The molecule has 9 heteroatoms. The number of benzene rings is 1. The Morgan fingerprint density at radius 1 is 1.50 bits per heavy atom. The number of nitro benzene ring substituents is 1. The van der Waals surface area contributed by atoms with Crippen LogP contribution in [0.1, 0.15) is 5.56 Å². The smallest absolute Gasteiger partial charge is 0.325 e. The zero-order valence-corrected chi connectivity index (χ0v) is 11.1. The molecule has 0 atom stereocenters. The summed E-state index contributed by atoms with van der Waals surface area (Å²) in [5, 5.41) is 12.6. The Morgan fingerprint density at radius 2 is 2.15 bits per heavy atom. The predicted octanol–water partition coefficient (Wildman–Crippen LogP) is 1.22. The summed E-state index contributed by atoms with van der Waals surface area (Å²) in [5.74, 6) is -2.22. The molecule has 0 aliphatic rings. The molecule has 1 rings (SSSR count). The normalized spacial score (nSPS) is 9.95. The Morgan fingerprint density at radius 3 is 2.70 bits per heavy atom. The summed E-state index contributed by atoms with van der Waals surface area (Å²) in [6, 6.07) is 1.65. The lowest BCUT2D eigenvalue weighted by atomic mass is 10.1. The van der Waals surface area contributed by atoms with E-state index < -0.39 is 39.7 Å². The standard InChI is InChI=1S/C11H10ClFN2O5/c1-20-11(17)5-14-10(16)3-6-2-8(13)7(12)4-9(6)15(18)19/h2,4H,3,5H2,1H3,(H,14,16). The maximum Gasteiger partial charge on any atom is 0.325 e. The van der Waals surface area contributed by atoms with E-state index in [1.54, 1.807) is 0 Å². The molecule has 0 saturated heterocycles. The number of carbonyl (C=O) groups is 2. The summed E-state index contributed by atoms with van der Waals surface area (Å²) in [6.07, 6.45) is -0.457. The largest absolute Gasteiger partial charge is 0.468 e. The summed E-state index contributed by atoms with van der Waals surface area (Å²) in [4.78, 5) is 32.4. The van der Waals surface area contributed by atoms with Crippen molar-refractivity contribution in [3.8, 4) is 0 Å². The first-order chi connectivity index (χ1) is 9.35. The molecule has 1 N–H and O–H groups in total. The van der Waals surface area contributed by atoms with Crippen LogP contribution in [0.5, 0.6) is 0 Å². The molecule has 0 aromatic heterocycles. The molecular weight excluding hydrogens is 295 g/mol. The van der Waals surface area contributed by atoms with Crippen molar-refractivity contribution in [2.75, 3.05) is 13.7 Å². The van der Waals surface area contributed by atoms with Gasteiger partial charge in [-0.15, -0.1) is 0 Å². The molecule has 1 amide bonds. The monoisotopic (exact) mass is 304 g/mol. The van der Waals surface area contributed by atoms with E-state index in [-0.39, 0.29) is 12.1 Å². The Labute approximate surface area is 117 Å². The number of halogens is 2. The minimum atomic E-state index is -0.868. The van der Waals surface area contributed by atoms with Crippen LogP contribution in [0.3, 0.4) is 0 Å². The van der Waals surface area contributed by atoms with Gasteiger partial charge in [0.05, 0.1) is 23.5 Å². The maximum absolute atomic E-state index is 13.3. The van der Waals surface area contributed by atoms with Crippen LogP contribution in [-0.2, 0) is 20.7 Å².